The summed E-state index contributed by atoms with van der Waals surface area (Å²) in [6.07, 6.45) is 1.93. The fourth-order valence-corrected chi connectivity index (χ4v) is 1.31. The molecule has 0 saturated heterocycles. The molecule has 4 N–H and O–H groups in total. The summed E-state index contributed by atoms with van der Waals surface area (Å²) in [6, 6.07) is 4.48. The highest BCUT2D eigenvalue weighted by Gasteiger charge is 2.09. The molecule has 0 radical (unpaired) electrons. The van der Waals surface area contributed by atoms with Crippen molar-refractivity contribution in [3.8, 4) is 0 Å². The number of rotatable bonds is 5. The van der Waals surface area contributed by atoms with Crippen LogP contribution in [0.2, 0.25) is 0 Å². The van der Waals surface area contributed by atoms with Gasteiger partial charge in [-0.3, -0.25) is 0 Å². The third kappa shape index (κ3) is 3.20. The van der Waals surface area contributed by atoms with Crippen molar-refractivity contribution in [1.29, 1.82) is 0 Å². The molecule has 0 aromatic carbocycles. The minimum absolute atomic E-state index is 0.406. The highest BCUT2D eigenvalue weighted by Crippen LogP contribution is 2.01. The van der Waals surface area contributed by atoms with Crippen molar-refractivity contribution >= 4 is 0 Å². The van der Waals surface area contributed by atoms with Gasteiger partial charge in [0.2, 0.25) is 0 Å². The molecular formula is C10H19N3. The molecule has 0 bridgehead atoms. The number of hydrogen-bond donors (Lipinski definition) is 3. The van der Waals surface area contributed by atoms with Gasteiger partial charge in [-0.05, 0) is 18.1 Å². The number of aromatic amines is 1. The van der Waals surface area contributed by atoms with Crippen LogP contribution in [0.25, 0.3) is 0 Å². The van der Waals surface area contributed by atoms with Gasteiger partial charge in [0.05, 0.1) is 0 Å². The molecule has 0 fully saturated rings. The Morgan fingerprint density at radius 3 is 2.77 bits per heavy atom. The lowest BCUT2D eigenvalue weighted by Crippen LogP contribution is -2.39. The van der Waals surface area contributed by atoms with Crippen LogP contribution < -0.4 is 11.1 Å². The van der Waals surface area contributed by atoms with Crippen molar-refractivity contribution in [2.24, 2.45) is 11.7 Å². The minimum atomic E-state index is 0.406. The van der Waals surface area contributed by atoms with E-state index >= 15 is 0 Å². The third-order valence-corrected chi connectivity index (χ3v) is 2.28. The van der Waals surface area contributed by atoms with Crippen molar-refractivity contribution < 1.29 is 0 Å². The van der Waals surface area contributed by atoms with Crippen LogP contribution >= 0.6 is 0 Å². The lowest BCUT2D eigenvalue weighted by molar-refractivity contribution is 0.403. The number of H-pyrrole nitrogens is 1. The van der Waals surface area contributed by atoms with Gasteiger partial charge in [0.1, 0.15) is 0 Å². The van der Waals surface area contributed by atoms with E-state index in [0.717, 1.165) is 6.54 Å². The number of hydrogen-bond acceptors (Lipinski definition) is 2. The highest BCUT2D eigenvalue weighted by atomic mass is 15.0. The first-order valence-corrected chi connectivity index (χ1v) is 4.79. The average molecular weight is 181 g/mol. The Morgan fingerprint density at radius 2 is 2.31 bits per heavy atom. The van der Waals surface area contributed by atoms with Crippen LogP contribution in [0, 0.1) is 5.92 Å². The van der Waals surface area contributed by atoms with Crippen LogP contribution in [0.5, 0.6) is 0 Å². The van der Waals surface area contributed by atoms with Crippen molar-refractivity contribution in [3.05, 3.63) is 24.0 Å². The van der Waals surface area contributed by atoms with Gasteiger partial charge >= 0.3 is 0 Å². The molecule has 0 amide bonds. The summed E-state index contributed by atoms with van der Waals surface area (Å²) in [6.45, 7) is 5.92. The largest absolute Gasteiger partial charge is 0.364 e. The monoisotopic (exact) mass is 181 g/mol. The van der Waals surface area contributed by atoms with Gasteiger partial charge < -0.3 is 16.0 Å². The van der Waals surface area contributed by atoms with Crippen LogP contribution in [0.3, 0.4) is 0 Å². The average Bonchev–Trinajstić information content (AvgIpc) is 2.57. The smallest absolute Gasteiger partial charge is 0.0360 e. The van der Waals surface area contributed by atoms with E-state index in [2.05, 4.69) is 30.2 Å². The summed E-state index contributed by atoms with van der Waals surface area (Å²) >= 11 is 0. The third-order valence-electron chi connectivity index (χ3n) is 2.28. The zero-order valence-corrected chi connectivity index (χ0v) is 8.38. The van der Waals surface area contributed by atoms with Crippen molar-refractivity contribution in [3.63, 3.8) is 0 Å². The second-order valence-corrected chi connectivity index (χ2v) is 3.66. The number of aromatic nitrogens is 1. The molecule has 0 spiro atoms. The normalized spacial score (nSPS) is 13.5. The summed E-state index contributed by atoms with van der Waals surface area (Å²) in [5, 5.41) is 3.42. The van der Waals surface area contributed by atoms with Crippen LogP contribution in [0.15, 0.2) is 18.3 Å². The van der Waals surface area contributed by atoms with Gasteiger partial charge in [-0.25, -0.2) is 0 Å². The molecule has 1 atom stereocenters. The van der Waals surface area contributed by atoms with Gasteiger partial charge in [-0.15, -0.1) is 0 Å². The maximum Gasteiger partial charge on any atom is 0.0360 e. The van der Waals surface area contributed by atoms with Crippen LogP contribution in [-0.2, 0) is 6.54 Å². The van der Waals surface area contributed by atoms with Gasteiger partial charge in [0.25, 0.3) is 0 Å². The van der Waals surface area contributed by atoms with Crippen LogP contribution in [0.4, 0.5) is 0 Å². The fraction of sp³-hybridized carbons (Fsp3) is 0.600. The lowest BCUT2D eigenvalue weighted by atomic mass is 10.0. The quantitative estimate of drug-likeness (QED) is 0.637. The van der Waals surface area contributed by atoms with E-state index < -0.39 is 0 Å². The molecule has 1 heterocycles. The maximum absolute atomic E-state index is 5.64. The predicted octanol–water partition coefficient (Wildman–Crippen LogP) is 1.09. The molecule has 3 heteroatoms. The molecular weight excluding hydrogens is 162 g/mol. The predicted molar refractivity (Wildman–Crippen MR) is 55.3 cm³/mol. The molecule has 13 heavy (non-hydrogen) atoms. The number of nitrogens with one attached hydrogen (secondary N) is 2. The molecule has 0 aliphatic heterocycles. The van der Waals surface area contributed by atoms with E-state index in [1.807, 2.05) is 12.3 Å². The first-order chi connectivity index (χ1) is 6.24. The first kappa shape index (κ1) is 10.3. The Morgan fingerprint density at radius 1 is 1.54 bits per heavy atom. The highest BCUT2D eigenvalue weighted by molar-refractivity contribution is 5.03. The van der Waals surface area contributed by atoms with Crippen molar-refractivity contribution in [2.45, 2.75) is 26.4 Å². The SMILES string of the molecule is CC(C)C(CN)NCc1ccc[nH]1. The summed E-state index contributed by atoms with van der Waals surface area (Å²) < 4.78 is 0. The Hall–Kier alpha value is -0.800. The Bertz CT molecular complexity index is 216. The molecule has 1 aromatic heterocycles. The molecule has 1 rings (SSSR count). The summed E-state index contributed by atoms with van der Waals surface area (Å²) in [4.78, 5) is 3.15. The Balaban J connectivity index is 2.32. The minimum Gasteiger partial charge on any atom is -0.364 e. The zero-order valence-electron chi connectivity index (χ0n) is 8.38. The summed E-state index contributed by atoms with van der Waals surface area (Å²) in [5.41, 5.74) is 6.85. The molecule has 0 saturated carbocycles. The fourth-order valence-electron chi connectivity index (χ4n) is 1.31. The number of nitrogens with two attached hydrogens (primary N) is 1. The van der Waals surface area contributed by atoms with Crippen molar-refractivity contribution in [2.75, 3.05) is 6.54 Å². The topological polar surface area (TPSA) is 53.8 Å². The lowest BCUT2D eigenvalue weighted by Gasteiger charge is -2.19. The van der Waals surface area contributed by atoms with E-state index in [4.69, 9.17) is 5.73 Å². The van der Waals surface area contributed by atoms with Crippen LogP contribution in [-0.4, -0.2) is 17.6 Å². The van der Waals surface area contributed by atoms with Gasteiger partial charge in [0.15, 0.2) is 0 Å². The van der Waals surface area contributed by atoms with E-state index in [9.17, 15) is 0 Å². The van der Waals surface area contributed by atoms with Gasteiger partial charge in [-0.2, -0.15) is 0 Å². The molecule has 0 aliphatic rings. The van der Waals surface area contributed by atoms with E-state index in [0.29, 0.717) is 18.5 Å². The summed E-state index contributed by atoms with van der Waals surface area (Å²) in [5.74, 6) is 0.583. The molecule has 74 valence electrons. The van der Waals surface area contributed by atoms with Crippen LogP contribution in [0.1, 0.15) is 19.5 Å². The molecule has 1 unspecified atom stereocenters. The maximum atomic E-state index is 5.64. The molecule has 0 aliphatic carbocycles. The standard InChI is InChI=1S/C10H19N3/c1-8(2)10(6-11)13-7-9-4-3-5-12-9/h3-5,8,10,12-13H,6-7,11H2,1-2H3. The second-order valence-electron chi connectivity index (χ2n) is 3.66. The molecule has 1 aromatic rings. The Kier molecular flexibility index (Phi) is 3.99. The van der Waals surface area contributed by atoms with E-state index in [-0.39, 0.29) is 0 Å². The van der Waals surface area contributed by atoms with Gasteiger partial charge in [-0.1, -0.05) is 13.8 Å². The van der Waals surface area contributed by atoms with Gasteiger partial charge in [0, 0.05) is 31.0 Å². The second kappa shape index (κ2) is 5.04. The van der Waals surface area contributed by atoms with E-state index in [1.165, 1.54) is 5.69 Å². The van der Waals surface area contributed by atoms with E-state index in [1.54, 1.807) is 0 Å². The molecule has 3 nitrogen and oxygen atoms in total. The van der Waals surface area contributed by atoms with Crippen molar-refractivity contribution in [1.82, 2.24) is 10.3 Å². The first-order valence-electron chi connectivity index (χ1n) is 4.79. The Labute approximate surface area is 79.7 Å². The summed E-state index contributed by atoms with van der Waals surface area (Å²) in [7, 11) is 0. The zero-order chi connectivity index (χ0) is 9.68.